The molecule has 9 nitrogen and oxygen atoms in total. The molecule has 5 rings (SSSR count). The highest BCUT2D eigenvalue weighted by molar-refractivity contribution is 6.35. The van der Waals surface area contributed by atoms with Crippen molar-refractivity contribution in [3.05, 3.63) is 40.7 Å². The highest BCUT2D eigenvalue weighted by Crippen LogP contribution is 2.33. The van der Waals surface area contributed by atoms with Crippen molar-refractivity contribution >= 4 is 40.2 Å². The minimum absolute atomic E-state index is 0.0971. The van der Waals surface area contributed by atoms with Crippen molar-refractivity contribution in [1.82, 2.24) is 19.4 Å². The van der Waals surface area contributed by atoms with Gasteiger partial charge < -0.3 is 30.0 Å². The fraction of sp³-hybridized carbons (Fsp3) is 0.429. The summed E-state index contributed by atoms with van der Waals surface area (Å²) < 4.78 is 1.69. The molecule has 2 aromatic heterocycles. The lowest BCUT2D eigenvalue weighted by Gasteiger charge is -2.38. The first kappa shape index (κ1) is 20.2. The predicted octanol–water partition coefficient (Wildman–Crippen LogP) is 2.25. The van der Waals surface area contributed by atoms with Crippen LogP contribution >= 0.6 is 11.6 Å². The van der Waals surface area contributed by atoms with E-state index >= 15 is 0 Å². The molecule has 3 aromatic rings. The Kier molecular flexibility index (Phi) is 4.84. The van der Waals surface area contributed by atoms with Gasteiger partial charge in [0.2, 0.25) is 12.3 Å². The van der Waals surface area contributed by atoms with Crippen LogP contribution in [0.3, 0.4) is 0 Å². The number of hydrogen-bond acceptors (Lipinski definition) is 6. The van der Waals surface area contributed by atoms with E-state index in [4.69, 9.17) is 11.6 Å². The summed E-state index contributed by atoms with van der Waals surface area (Å²) in [5.41, 5.74) is 2.02. The highest BCUT2D eigenvalue weighted by atomic mass is 35.5. The standard InChI is InChI=1S/C21H25ClN6O3/c1-26-17-18(25-20(26)24-15-7-4-8-16(15)29)27(2)21(31)28(19(17)30)10-11-9-12-13(22)5-3-6-14(12)23-11/h3,5-6,9,15-16,21,23,29,31H,4,7-8,10H2,1-2H3,(H,24,25)/t15-,16-,21?/m0/s1. The first-order valence-electron chi connectivity index (χ1n) is 10.3. The van der Waals surface area contributed by atoms with Crippen LogP contribution in [-0.4, -0.2) is 61.1 Å². The third kappa shape index (κ3) is 3.24. The van der Waals surface area contributed by atoms with Gasteiger partial charge in [-0.3, -0.25) is 9.69 Å². The number of fused-ring (bicyclic) bond motifs is 2. The Labute approximate surface area is 184 Å². The molecule has 1 unspecified atom stereocenters. The number of aromatic nitrogens is 3. The molecule has 1 fully saturated rings. The number of amides is 1. The maximum absolute atomic E-state index is 13.4. The second kappa shape index (κ2) is 7.44. The van der Waals surface area contributed by atoms with Crippen LogP contribution in [0.1, 0.15) is 35.4 Å². The van der Waals surface area contributed by atoms with Crippen LogP contribution < -0.4 is 10.2 Å². The molecular weight excluding hydrogens is 420 g/mol. The Morgan fingerprint density at radius 1 is 1.29 bits per heavy atom. The number of aromatic amines is 1. The van der Waals surface area contributed by atoms with E-state index in [9.17, 15) is 15.0 Å². The van der Waals surface area contributed by atoms with Gasteiger partial charge in [-0.2, -0.15) is 4.98 Å². The van der Waals surface area contributed by atoms with Gasteiger partial charge in [0.05, 0.1) is 18.7 Å². The zero-order chi connectivity index (χ0) is 21.9. The van der Waals surface area contributed by atoms with E-state index in [0.29, 0.717) is 22.5 Å². The number of hydrogen-bond donors (Lipinski definition) is 4. The number of rotatable bonds is 4. The molecule has 3 atom stereocenters. The van der Waals surface area contributed by atoms with Crippen molar-refractivity contribution in [2.24, 2.45) is 7.05 Å². The molecule has 0 saturated heterocycles. The fourth-order valence-corrected chi connectivity index (χ4v) is 4.76. The Bertz CT molecular complexity index is 1160. The number of imidazole rings is 1. The van der Waals surface area contributed by atoms with Crippen LogP contribution in [0.25, 0.3) is 10.9 Å². The molecule has 1 aromatic carbocycles. The molecule has 3 heterocycles. The number of halogens is 1. The Balaban J connectivity index is 1.45. The molecule has 164 valence electrons. The van der Waals surface area contributed by atoms with Gasteiger partial charge in [-0.1, -0.05) is 17.7 Å². The monoisotopic (exact) mass is 444 g/mol. The molecular formula is C21H25ClN6O3. The van der Waals surface area contributed by atoms with Crippen LogP contribution in [-0.2, 0) is 13.6 Å². The van der Waals surface area contributed by atoms with E-state index < -0.39 is 12.5 Å². The maximum atomic E-state index is 13.4. The van der Waals surface area contributed by atoms with Gasteiger partial charge >= 0.3 is 0 Å². The maximum Gasteiger partial charge on any atom is 0.278 e. The van der Waals surface area contributed by atoms with E-state index in [1.165, 1.54) is 4.90 Å². The number of nitrogens with zero attached hydrogens (tertiary/aromatic N) is 4. The fourth-order valence-electron chi connectivity index (χ4n) is 4.53. The molecule has 0 spiro atoms. The highest BCUT2D eigenvalue weighted by Gasteiger charge is 2.40. The zero-order valence-corrected chi connectivity index (χ0v) is 18.1. The number of nitrogens with one attached hydrogen (secondary N) is 2. The topological polar surface area (TPSA) is 110 Å². The molecule has 4 N–H and O–H groups in total. The first-order valence-corrected chi connectivity index (χ1v) is 10.7. The quantitative estimate of drug-likeness (QED) is 0.491. The van der Waals surface area contributed by atoms with E-state index in [1.54, 1.807) is 23.6 Å². The minimum Gasteiger partial charge on any atom is -0.391 e. The van der Waals surface area contributed by atoms with Gasteiger partial charge in [0.1, 0.15) is 0 Å². The van der Waals surface area contributed by atoms with Gasteiger partial charge in [0, 0.05) is 35.7 Å². The number of benzene rings is 1. The third-order valence-corrected chi connectivity index (χ3v) is 6.63. The Morgan fingerprint density at radius 2 is 2.10 bits per heavy atom. The van der Waals surface area contributed by atoms with Gasteiger partial charge in [0.25, 0.3) is 5.91 Å². The number of carbonyl (C=O) groups excluding carboxylic acids is 1. The molecule has 1 saturated carbocycles. The number of aliphatic hydroxyl groups excluding tert-OH is 2. The Hall–Kier alpha value is -2.75. The SMILES string of the molecule is CN1c2nc(N[C@H]3CCC[C@@H]3O)n(C)c2C(=O)N(Cc2cc3c(Cl)cccc3[nH]2)C1O. The number of anilines is 2. The van der Waals surface area contributed by atoms with Gasteiger partial charge in [0.15, 0.2) is 11.5 Å². The summed E-state index contributed by atoms with van der Waals surface area (Å²) in [4.78, 5) is 24.1. The van der Waals surface area contributed by atoms with Crippen LogP contribution in [0.5, 0.6) is 0 Å². The lowest BCUT2D eigenvalue weighted by atomic mass is 10.2. The predicted molar refractivity (Wildman–Crippen MR) is 118 cm³/mol. The van der Waals surface area contributed by atoms with Gasteiger partial charge in [-0.25, -0.2) is 0 Å². The van der Waals surface area contributed by atoms with Crippen molar-refractivity contribution in [1.29, 1.82) is 0 Å². The van der Waals surface area contributed by atoms with Crippen LogP contribution in [0.2, 0.25) is 5.02 Å². The smallest absolute Gasteiger partial charge is 0.278 e. The zero-order valence-electron chi connectivity index (χ0n) is 17.3. The van der Waals surface area contributed by atoms with Gasteiger partial charge in [-0.05, 0) is 37.5 Å². The molecule has 31 heavy (non-hydrogen) atoms. The van der Waals surface area contributed by atoms with E-state index in [1.807, 2.05) is 24.3 Å². The van der Waals surface area contributed by atoms with E-state index in [2.05, 4.69) is 15.3 Å². The molecule has 1 amide bonds. The molecule has 0 bridgehead atoms. The number of carbonyl (C=O) groups is 1. The van der Waals surface area contributed by atoms with Crippen molar-refractivity contribution in [3.8, 4) is 0 Å². The van der Waals surface area contributed by atoms with Crippen LogP contribution in [0.4, 0.5) is 11.8 Å². The number of H-pyrrole nitrogens is 1. The molecule has 0 radical (unpaired) electrons. The molecule has 1 aliphatic heterocycles. The summed E-state index contributed by atoms with van der Waals surface area (Å²) in [6.07, 6.45) is 0.949. The van der Waals surface area contributed by atoms with Crippen molar-refractivity contribution < 1.29 is 15.0 Å². The molecule has 10 heteroatoms. The van der Waals surface area contributed by atoms with Crippen molar-refractivity contribution in [2.45, 2.75) is 44.3 Å². The summed E-state index contributed by atoms with van der Waals surface area (Å²) in [7, 11) is 3.46. The lowest BCUT2D eigenvalue weighted by Crippen LogP contribution is -2.53. The summed E-state index contributed by atoms with van der Waals surface area (Å²) >= 11 is 6.27. The second-order valence-electron chi connectivity index (χ2n) is 8.30. The summed E-state index contributed by atoms with van der Waals surface area (Å²) in [5, 5.41) is 25.7. The van der Waals surface area contributed by atoms with Crippen molar-refractivity contribution in [2.75, 3.05) is 17.3 Å². The van der Waals surface area contributed by atoms with E-state index in [0.717, 1.165) is 35.9 Å². The minimum atomic E-state index is -1.17. The third-order valence-electron chi connectivity index (χ3n) is 6.30. The first-order chi connectivity index (χ1) is 14.8. The summed E-state index contributed by atoms with van der Waals surface area (Å²) in [5.74, 6) is 0.592. The van der Waals surface area contributed by atoms with Crippen LogP contribution in [0.15, 0.2) is 24.3 Å². The summed E-state index contributed by atoms with van der Waals surface area (Å²) in [6.45, 7) is 0.185. The van der Waals surface area contributed by atoms with Crippen molar-refractivity contribution in [3.63, 3.8) is 0 Å². The Morgan fingerprint density at radius 3 is 2.81 bits per heavy atom. The average molecular weight is 445 g/mol. The largest absolute Gasteiger partial charge is 0.391 e. The lowest BCUT2D eigenvalue weighted by molar-refractivity contribution is -0.00116. The molecule has 1 aliphatic carbocycles. The van der Waals surface area contributed by atoms with Gasteiger partial charge in [-0.15, -0.1) is 0 Å². The second-order valence-corrected chi connectivity index (χ2v) is 8.71. The van der Waals surface area contributed by atoms with E-state index in [-0.39, 0.29) is 18.5 Å². The average Bonchev–Trinajstić information content (AvgIpc) is 3.43. The number of aliphatic hydroxyl groups is 2. The normalized spacial score (nSPS) is 23.6. The summed E-state index contributed by atoms with van der Waals surface area (Å²) in [6, 6.07) is 7.39. The molecule has 2 aliphatic rings. The van der Waals surface area contributed by atoms with Crippen LogP contribution in [0, 0.1) is 0 Å².